The summed E-state index contributed by atoms with van der Waals surface area (Å²) in [5, 5.41) is 35.2. The lowest BCUT2D eigenvalue weighted by Crippen LogP contribution is -2.22. The van der Waals surface area contributed by atoms with E-state index in [-0.39, 0.29) is 18.3 Å². The fourth-order valence-corrected chi connectivity index (χ4v) is 3.95. The number of carbonyl (C=O) groups excluding carboxylic acids is 1. The Labute approximate surface area is 229 Å². The van der Waals surface area contributed by atoms with Gasteiger partial charge in [0.05, 0.1) is 38.1 Å². The van der Waals surface area contributed by atoms with E-state index in [0.717, 1.165) is 37.8 Å². The Balaban J connectivity index is 1.16. The minimum Gasteiger partial charge on any atom is -0.508 e. The predicted octanol–water partition coefficient (Wildman–Crippen LogP) is 3.95. The van der Waals surface area contributed by atoms with Crippen molar-refractivity contribution in [2.75, 3.05) is 38.2 Å². The second-order valence-electron chi connectivity index (χ2n) is 9.24. The van der Waals surface area contributed by atoms with Crippen LogP contribution in [0.2, 0.25) is 0 Å². The molecule has 39 heavy (non-hydrogen) atoms. The number of hydrogen-bond donors (Lipinski definition) is 5. The van der Waals surface area contributed by atoms with Crippen molar-refractivity contribution in [2.24, 2.45) is 0 Å². The number of aromatic hydroxyl groups is 1. The van der Waals surface area contributed by atoms with Gasteiger partial charge in [-0.25, -0.2) is 0 Å². The first-order chi connectivity index (χ1) is 19.1. The molecule has 9 heteroatoms. The second-order valence-corrected chi connectivity index (χ2v) is 9.24. The number of nitrogens with one attached hydrogen (secondary N) is 2. The van der Waals surface area contributed by atoms with Crippen molar-refractivity contribution in [2.45, 2.75) is 45.0 Å². The molecule has 1 heterocycles. The van der Waals surface area contributed by atoms with Gasteiger partial charge in [-0.05, 0) is 66.9 Å². The minimum absolute atomic E-state index is 0.0322. The van der Waals surface area contributed by atoms with Crippen molar-refractivity contribution in [3.63, 3.8) is 0 Å². The minimum atomic E-state index is -0.686. The SMILES string of the molecule is O=C(Nc1cccc(COCCOCCCCCCNC[C@H](O)c2ccc(O)c(CO)c2)c1)c1cccnc1. The summed E-state index contributed by atoms with van der Waals surface area (Å²) in [6.45, 7) is 3.14. The molecular weight excluding hydrogens is 498 g/mol. The molecule has 0 aliphatic heterocycles. The van der Waals surface area contributed by atoms with Crippen LogP contribution in [0.5, 0.6) is 5.75 Å². The normalized spacial score (nSPS) is 11.8. The standard InChI is InChI=1S/C30H39N3O6/c34-21-26-18-24(10-11-28(26)35)29(36)20-32-12-3-1-2-4-14-38-15-16-39-22-23-7-5-9-27(17-23)33-30(37)25-8-6-13-31-19-25/h5-11,13,17-19,29,32,34-36H,1-4,12,14-16,20-22H2,(H,33,37)/t29-/m0/s1. The third kappa shape index (κ3) is 11.1. The Morgan fingerprint density at radius 2 is 1.79 bits per heavy atom. The summed E-state index contributed by atoms with van der Waals surface area (Å²) in [6, 6.07) is 15.8. The average molecular weight is 538 g/mol. The van der Waals surface area contributed by atoms with Gasteiger partial charge in [0.25, 0.3) is 5.91 Å². The number of nitrogens with zero attached hydrogens (tertiary/aromatic N) is 1. The van der Waals surface area contributed by atoms with Gasteiger partial charge >= 0.3 is 0 Å². The third-order valence-electron chi connectivity index (χ3n) is 6.14. The zero-order valence-corrected chi connectivity index (χ0v) is 22.2. The molecule has 0 bridgehead atoms. The van der Waals surface area contributed by atoms with Gasteiger partial charge in [-0.1, -0.05) is 31.0 Å². The van der Waals surface area contributed by atoms with Gasteiger partial charge in [-0.2, -0.15) is 0 Å². The fourth-order valence-electron chi connectivity index (χ4n) is 3.95. The zero-order valence-electron chi connectivity index (χ0n) is 22.2. The molecule has 1 atom stereocenters. The Hall–Kier alpha value is -3.34. The van der Waals surface area contributed by atoms with E-state index in [2.05, 4.69) is 15.6 Å². The summed E-state index contributed by atoms with van der Waals surface area (Å²) in [5.74, 6) is -0.169. The Kier molecular flexibility index (Phi) is 13.4. The molecule has 0 aliphatic carbocycles. The van der Waals surface area contributed by atoms with Crippen LogP contribution < -0.4 is 10.6 Å². The highest BCUT2D eigenvalue weighted by atomic mass is 16.5. The van der Waals surface area contributed by atoms with Crippen molar-refractivity contribution >= 4 is 11.6 Å². The van der Waals surface area contributed by atoms with Gasteiger partial charge < -0.3 is 35.4 Å². The lowest BCUT2D eigenvalue weighted by molar-refractivity contribution is 0.0393. The molecule has 0 saturated heterocycles. The van der Waals surface area contributed by atoms with Crippen molar-refractivity contribution in [3.05, 3.63) is 89.2 Å². The number of carbonyl (C=O) groups is 1. The van der Waals surface area contributed by atoms with Gasteiger partial charge in [0.2, 0.25) is 0 Å². The van der Waals surface area contributed by atoms with Crippen LogP contribution in [0.4, 0.5) is 5.69 Å². The summed E-state index contributed by atoms with van der Waals surface area (Å²) in [6.07, 6.45) is 6.61. The fraction of sp³-hybridized carbons (Fsp3) is 0.400. The number of unbranched alkanes of at least 4 members (excludes halogenated alkanes) is 3. The summed E-state index contributed by atoms with van der Waals surface area (Å²) < 4.78 is 11.4. The van der Waals surface area contributed by atoms with E-state index in [9.17, 15) is 20.1 Å². The van der Waals surface area contributed by atoms with Crippen molar-refractivity contribution in [1.82, 2.24) is 10.3 Å². The number of ether oxygens (including phenoxy) is 2. The molecule has 1 aromatic heterocycles. The van der Waals surface area contributed by atoms with E-state index in [1.807, 2.05) is 24.3 Å². The maximum atomic E-state index is 12.3. The average Bonchev–Trinajstić information content (AvgIpc) is 2.96. The van der Waals surface area contributed by atoms with Gasteiger partial charge in [0.1, 0.15) is 5.75 Å². The monoisotopic (exact) mass is 537 g/mol. The molecule has 0 aliphatic rings. The van der Waals surface area contributed by atoms with E-state index in [0.29, 0.717) is 55.4 Å². The van der Waals surface area contributed by atoms with E-state index in [4.69, 9.17) is 9.47 Å². The molecule has 0 spiro atoms. The van der Waals surface area contributed by atoms with E-state index >= 15 is 0 Å². The molecule has 3 rings (SSSR count). The van der Waals surface area contributed by atoms with Crippen LogP contribution in [0.25, 0.3) is 0 Å². The highest BCUT2D eigenvalue weighted by Crippen LogP contribution is 2.22. The number of hydrogen-bond acceptors (Lipinski definition) is 8. The first-order valence-corrected chi connectivity index (χ1v) is 13.3. The smallest absolute Gasteiger partial charge is 0.257 e. The van der Waals surface area contributed by atoms with Crippen LogP contribution in [0.1, 0.15) is 58.8 Å². The molecule has 0 radical (unpaired) electrons. The molecule has 0 fully saturated rings. The molecule has 0 saturated carbocycles. The summed E-state index contributed by atoms with van der Waals surface area (Å²) >= 11 is 0. The molecule has 5 N–H and O–H groups in total. The lowest BCUT2D eigenvalue weighted by atomic mass is 10.1. The van der Waals surface area contributed by atoms with Gasteiger partial charge in [-0.3, -0.25) is 9.78 Å². The molecule has 9 nitrogen and oxygen atoms in total. The summed E-state index contributed by atoms with van der Waals surface area (Å²) in [7, 11) is 0. The highest BCUT2D eigenvalue weighted by Gasteiger charge is 2.10. The predicted molar refractivity (Wildman–Crippen MR) is 149 cm³/mol. The zero-order chi connectivity index (χ0) is 27.7. The molecule has 2 aromatic carbocycles. The number of benzene rings is 2. The Morgan fingerprint density at radius 3 is 2.62 bits per heavy atom. The number of aromatic nitrogens is 1. The van der Waals surface area contributed by atoms with Crippen molar-refractivity contribution in [1.29, 1.82) is 0 Å². The van der Waals surface area contributed by atoms with E-state index < -0.39 is 6.10 Å². The maximum Gasteiger partial charge on any atom is 0.257 e. The molecule has 1 amide bonds. The van der Waals surface area contributed by atoms with Gasteiger partial charge in [0.15, 0.2) is 0 Å². The van der Waals surface area contributed by atoms with Crippen LogP contribution >= 0.6 is 0 Å². The summed E-state index contributed by atoms with van der Waals surface area (Å²) in [4.78, 5) is 16.2. The van der Waals surface area contributed by atoms with Crippen LogP contribution in [0.15, 0.2) is 67.0 Å². The van der Waals surface area contributed by atoms with Crippen LogP contribution in [0, 0.1) is 0 Å². The van der Waals surface area contributed by atoms with Gasteiger partial charge in [-0.15, -0.1) is 0 Å². The second kappa shape index (κ2) is 17.3. The lowest BCUT2D eigenvalue weighted by Gasteiger charge is -2.14. The molecular formula is C30H39N3O6. The van der Waals surface area contributed by atoms with Crippen LogP contribution in [-0.4, -0.2) is 59.1 Å². The highest BCUT2D eigenvalue weighted by molar-refractivity contribution is 6.04. The molecule has 0 unspecified atom stereocenters. The van der Waals surface area contributed by atoms with Crippen molar-refractivity contribution in [3.8, 4) is 5.75 Å². The number of aliphatic hydroxyl groups is 2. The Morgan fingerprint density at radius 1 is 0.949 bits per heavy atom. The first-order valence-electron chi connectivity index (χ1n) is 13.3. The third-order valence-corrected chi connectivity index (χ3v) is 6.14. The number of rotatable bonds is 18. The van der Waals surface area contributed by atoms with Crippen LogP contribution in [-0.2, 0) is 22.7 Å². The maximum absolute atomic E-state index is 12.3. The van der Waals surface area contributed by atoms with E-state index in [1.165, 1.54) is 12.3 Å². The number of amides is 1. The Bertz CT molecular complexity index is 1130. The molecule has 3 aromatic rings. The number of aliphatic hydroxyl groups excluding tert-OH is 2. The largest absolute Gasteiger partial charge is 0.508 e. The van der Waals surface area contributed by atoms with Crippen LogP contribution in [0.3, 0.4) is 0 Å². The number of pyridine rings is 1. The first kappa shape index (κ1) is 30.2. The molecule has 210 valence electrons. The quantitative estimate of drug-likeness (QED) is 0.154. The van der Waals surface area contributed by atoms with E-state index in [1.54, 1.807) is 30.5 Å². The number of phenols is 1. The van der Waals surface area contributed by atoms with Gasteiger partial charge in [0, 0.05) is 36.8 Å². The number of anilines is 1. The summed E-state index contributed by atoms with van der Waals surface area (Å²) in [5.41, 5.74) is 3.27. The van der Waals surface area contributed by atoms with Crippen molar-refractivity contribution < 1.29 is 29.6 Å². The topological polar surface area (TPSA) is 133 Å².